The van der Waals surface area contributed by atoms with Gasteiger partial charge in [0.25, 0.3) is 5.91 Å². The zero-order valence-corrected chi connectivity index (χ0v) is 19.5. The van der Waals surface area contributed by atoms with Crippen molar-refractivity contribution < 1.29 is 27.5 Å². The van der Waals surface area contributed by atoms with Crippen molar-refractivity contribution in [3.63, 3.8) is 0 Å². The van der Waals surface area contributed by atoms with E-state index in [1.165, 1.54) is 0 Å². The van der Waals surface area contributed by atoms with E-state index in [4.69, 9.17) is 16.3 Å². The van der Waals surface area contributed by atoms with E-state index in [0.717, 1.165) is 5.01 Å². The Hall–Kier alpha value is -2.46. The first-order valence-corrected chi connectivity index (χ1v) is 12.6. The standard InChI is InChI=1S/C21H26ClN3O6S/c1-13(2)31-20(27)11-18(15-5-3-4-6-16(15)22)23-21(28)17-7-8-19(26)25(24-17)14-9-10-32(29,30)12-14/h3-6,13-14,18H,7-12H2,1-2H3,(H,23,28)/t14-,18-/m0/s1. The normalized spacial score (nSPS) is 21.2. The Morgan fingerprint density at radius 2 is 2.00 bits per heavy atom. The maximum Gasteiger partial charge on any atom is 0.308 e. The summed E-state index contributed by atoms with van der Waals surface area (Å²) in [6.07, 6.45) is 0.0108. The molecule has 0 aliphatic carbocycles. The minimum absolute atomic E-state index is 0.00889. The minimum Gasteiger partial charge on any atom is -0.463 e. The molecule has 1 saturated heterocycles. The Morgan fingerprint density at radius 3 is 2.62 bits per heavy atom. The van der Waals surface area contributed by atoms with Crippen molar-refractivity contribution in [3.05, 3.63) is 34.9 Å². The molecule has 0 saturated carbocycles. The van der Waals surface area contributed by atoms with Crippen molar-refractivity contribution in [2.75, 3.05) is 11.5 Å². The third-order valence-electron chi connectivity index (χ3n) is 5.20. The second kappa shape index (κ2) is 9.99. The molecule has 0 unspecified atom stereocenters. The van der Waals surface area contributed by atoms with Crippen molar-refractivity contribution in [2.24, 2.45) is 5.10 Å². The number of hydrazone groups is 1. The van der Waals surface area contributed by atoms with Gasteiger partial charge in [0, 0.05) is 17.9 Å². The van der Waals surface area contributed by atoms with Crippen molar-refractivity contribution in [1.82, 2.24) is 10.3 Å². The zero-order chi connectivity index (χ0) is 23.5. The van der Waals surface area contributed by atoms with E-state index in [1.807, 2.05) is 0 Å². The molecule has 1 aromatic carbocycles. The molecule has 1 fully saturated rings. The van der Waals surface area contributed by atoms with E-state index in [1.54, 1.807) is 38.1 Å². The first-order valence-electron chi connectivity index (χ1n) is 10.4. The molecule has 2 atom stereocenters. The van der Waals surface area contributed by atoms with Crippen LogP contribution in [-0.4, -0.2) is 60.6 Å². The van der Waals surface area contributed by atoms with Crippen LogP contribution in [0.15, 0.2) is 29.4 Å². The van der Waals surface area contributed by atoms with Gasteiger partial charge in [0.2, 0.25) is 5.91 Å². The predicted octanol–water partition coefficient (Wildman–Crippen LogP) is 2.00. The average molecular weight is 484 g/mol. The van der Waals surface area contributed by atoms with E-state index < -0.39 is 33.8 Å². The Labute approximate surface area is 192 Å². The molecule has 1 aromatic rings. The molecule has 1 N–H and O–H groups in total. The van der Waals surface area contributed by atoms with Crippen molar-refractivity contribution >= 4 is 44.9 Å². The number of rotatable bonds is 7. The van der Waals surface area contributed by atoms with Gasteiger partial charge in [-0.15, -0.1) is 0 Å². The fourth-order valence-electron chi connectivity index (χ4n) is 3.70. The largest absolute Gasteiger partial charge is 0.463 e. The molecule has 2 aliphatic rings. The van der Waals surface area contributed by atoms with Crippen LogP contribution in [0.4, 0.5) is 0 Å². The summed E-state index contributed by atoms with van der Waals surface area (Å²) >= 11 is 6.29. The highest BCUT2D eigenvalue weighted by atomic mass is 35.5. The van der Waals surface area contributed by atoms with Crippen molar-refractivity contribution in [1.29, 1.82) is 0 Å². The molecule has 9 nitrogen and oxygen atoms in total. The predicted molar refractivity (Wildman–Crippen MR) is 119 cm³/mol. The number of esters is 1. The molecule has 2 aliphatic heterocycles. The Kier molecular flexibility index (Phi) is 7.55. The number of hydrogen-bond acceptors (Lipinski definition) is 7. The molecule has 0 aromatic heterocycles. The molecule has 0 bridgehead atoms. The summed E-state index contributed by atoms with van der Waals surface area (Å²) in [6, 6.07) is 5.51. The number of sulfone groups is 1. The van der Waals surface area contributed by atoms with Crippen LogP contribution in [0, 0.1) is 0 Å². The van der Waals surface area contributed by atoms with Gasteiger partial charge in [-0.25, -0.2) is 13.4 Å². The summed E-state index contributed by atoms with van der Waals surface area (Å²) in [5.41, 5.74) is 0.651. The number of ether oxygens (including phenoxy) is 1. The second-order valence-corrected chi connectivity index (χ2v) is 10.8. The molecular formula is C21H26ClN3O6S. The van der Waals surface area contributed by atoms with Gasteiger partial charge in [0.05, 0.1) is 36.1 Å². The van der Waals surface area contributed by atoms with Crippen LogP contribution in [0.5, 0.6) is 0 Å². The molecule has 3 rings (SSSR count). The molecule has 32 heavy (non-hydrogen) atoms. The third kappa shape index (κ3) is 6.07. The van der Waals surface area contributed by atoms with Crippen LogP contribution >= 0.6 is 11.6 Å². The lowest BCUT2D eigenvalue weighted by molar-refractivity contribution is -0.148. The number of carbonyl (C=O) groups excluding carboxylic acids is 3. The van der Waals surface area contributed by atoms with Gasteiger partial charge >= 0.3 is 5.97 Å². The van der Waals surface area contributed by atoms with Gasteiger partial charge in [-0.1, -0.05) is 29.8 Å². The topological polar surface area (TPSA) is 122 Å². The number of hydrogen-bond donors (Lipinski definition) is 1. The molecule has 2 heterocycles. The van der Waals surface area contributed by atoms with E-state index in [-0.39, 0.29) is 54.9 Å². The summed E-state index contributed by atoms with van der Waals surface area (Å²) in [5, 5.41) is 8.47. The molecule has 0 spiro atoms. The maximum atomic E-state index is 13.0. The average Bonchev–Trinajstić information content (AvgIpc) is 3.07. The van der Waals surface area contributed by atoms with Gasteiger partial charge < -0.3 is 10.1 Å². The van der Waals surface area contributed by atoms with Crippen LogP contribution in [0.1, 0.15) is 51.1 Å². The quantitative estimate of drug-likeness (QED) is 0.592. The summed E-state index contributed by atoms with van der Waals surface area (Å²) in [6.45, 7) is 3.46. The van der Waals surface area contributed by atoms with Crippen molar-refractivity contribution in [2.45, 2.75) is 57.7 Å². The van der Waals surface area contributed by atoms with Gasteiger partial charge in [-0.2, -0.15) is 5.10 Å². The summed E-state index contributed by atoms with van der Waals surface area (Å²) in [7, 11) is -3.22. The number of carbonyl (C=O) groups is 3. The Morgan fingerprint density at radius 1 is 1.28 bits per heavy atom. The van der Waals surface area contributed by atoms with Gasteiger partial charge in [0.1, 0.15) is 5.71 Å². The first kappa shape index (κ1) is 24.2. The zero-order valence-electron chi connectivity index (χ0n) is 17.9. The third-order valence-corrected chi connectivity index (χ3v) is 7.29. The number of benzene rings is 1. The first-order chi connectivity index (χ1) is 15.1. The number of halogens is 1. The van der Waals surface area contributed by atoms with E-state index in [9.17, 15) is 22.8 Å². The maximum absolute atomic E-state index is 13.0. The van der Waals surface area contributed by atoms with Crippen LogP contribution in [0.3, 0.4) is 0 Å². The van der Waals surface area contributed by atoms with Crippen LogP contribution in [0.25, 0.3) is 0 Å². The lowest BCUT2D eigenvalue weighted by Crippen LogP contribution is -2.44. The second-order valence-electron chi connectivity index (χ2n) is 8.13. The molecule has 174 valence electrons. The van der Waals surface area contributed by atoms with E-state index in [0.29, 0.717) is 10.6 Å². The number of nitrogens with one attached hydrogen (secondary N) is 1. The van der Waals surface area contributed by atoms with Crippen LogP contribution < -0.4 is 5.32 Å². The molecular weight excluding hydrogens is 458 g/mol. The van der Waals surface area contributed by atoms with Gasteiger partial charge in [-0.3, -0.25) is 14.4 Å². The lowest BCUT2D eigenvalue weighted by atomic mass is 10.0. The van der Waals surface area contributed by atoms with Crippen LogP contribution in [-0.2, 0) is 29.0 Å². The Bertz CT molecular complexity index is 1040. The lowest BCUT2D eigenvalue weighted by Gasteiger charge is -2.28. The fraction of sp³-hybridized carbons (Fsp3) is 0.524. The summed E-state index contributed by atoms with van der Waals surface area (Å²) in [4.78, 5) is 37.6. The molecule has 2 amide bonds. The smallest absolute Gasteiger partial charge is 0.308 e. The summed E-state index contributed by atoms with van der Waals surface area (Å²) in [5.74, 6) is -1.54. The number of nitrogens with zero attached hydrogens (tertiary/aromatic N) is 2. The Balaban J connectivity index is 1.80. The summed E-state index contributed by atoms with van der Waals surface area (Å²) < 4.78 is 28.8. The highest BCUT2D eigenvalue weighted by Crippen LogP contribution is 2.27. The monoisotopic (exact) mass is 483 g/mol. The SMILES string of the molecule is CC(C)OC(=O)C[C@H](NC(=O)C1=NN([C@H]2CCS(=O)(=O)C2)C(=O)CC1)c1ccccc1Cl. The van der Waals surface area contributed by atoms with Gasteiger partial charge in [-0.05, 0) is 31.9 Å². The van der Waals surface area contributed by atoms with Gasteiger partial charge in [0.15, 0.2) is 9.84 Å². The molecule has 11 heteroatoms. The molecule has 0 radical (unpaired) electrons. The van der Waals surface area contributed by atoms with Crippen molar-refractivity contribution in [3.8, 4) is 0 Å². The fourth-order valence-corrected chi connectivity index (χ4v) is 5.66. The minimum atomic E-state index is -3.22. The highest BCUT2D eigenvalue weighted by molar-refractivity contribution is 7.91. The number of amides is 2. The van der Waals surface area contributed by atoms with E-state index >= 15 is 0 Å². The van der Waals surface area contributed by atoms with E-state index in [2.05, 4.69) is 10.4 Å². The van der Waals surface area contributed by atoms with Crippen LogP contribution in [0.2, 0.25) is 5.02 Å². The highest BCUT2D eigenvalue weighted by Gasteiger charge is 2.37.